The van der Waals surface area contributed by atoms with Crippen molar-refractivity contribution < 1.29 is 14.3 Å². The van der Waals surface area contributed by atoms with Crippen LogP contribution in [0.25, 0.3) is 0 Å². The van der Waals surface area contributed by atoms with Crippen molar-refractivity contribution in [2.45, 2.75) is 18.9 Å². The smallest absolute Gasteiger partial charge is 0.319 e. The zero-order chi connectivity index (χ0) is 20.8. The number of nitrogens with zero attached hydrogens (tertiary/aromatic N) is 2. The van der Waals surface area contributed by atoms with Crippen LogP contribution in [0.5, 0.6) is 5.75 Å². The van der Waals surface area contributed by atoms with E-state index in [1.54, 1.807) is 12.0 Å². The Bertz CT molecular complexity index is 834. The van der Waals surface area contributed by atoms with Crippen molar-refractivity contribution in [3.8, 4) is 5.75 Å². The fourth-order valence-corrected chi connectivity index (χ4v) is 3.44. The first-order valence-electron chi connectivity index (χ1n) is 9.73. The molecule has 29 heavy (non-hydrogen) atoms. The molecule has 0 radical (unpaired) electrons. The number of methoxy groups -OCH3 is 1. The third kappa shape index (κ3) is 5.26. The summed E-state index contributed by atoms with van der Waals surface area (Å²) in [6, 6.07) is 14.9. The number of rotatable bonds is 7. The van der Waals surface area contributed by atoms with Crippen molar-refractivity contribution in [2.75, 3.05) is 44.5 Å². The highest BCUT2D eigenvalue weighted by Crippen LogP contribution is 2.23. The molecule has 2 aromatic carbocycles. The highest BCUT2D eigenvalue weighted by atomic mass is 16.5. The number of carbonyl (C=O) groups excluding carboxylic acids is 2. The van der Waals surface area contributed by atoms with Crippen LogP contribution in [-0.2, 0) is 4.79 Å². The minimum Gasteiger partial charge on any atom is -0.497 e. The van der Waals surface area contributed by atoms with Crippen LogP contribution >= 0.6 is 0 Å². The van der Waals surface area contributed by atoms with Crippen molar-refractivity contribution in [3.05, 3.63) is 54.1 Å². The Morgan fingerprint density at radius 1 is 1.14 bits per heavy atom. The lowest BCUT2D eigenvalue weighted by Gasteiger charge is -2.25. The molecule has 0 aliphatic carbocycles. The van der Waals surface area contributed by atoms with Crippen LogP contribution in [0.4, 0.5) is 16.2 Å². The monoisotopic (exact) mass is 396 g/mol. The molecule has 0 aromatic heterocycles. The van der Waals surface area contributed by atoms with Crippen LogP contribution in [0.15, 0.2) is 48.5 Å². The Balaban J connectivity index is 1.55. The van der Waals surface area contributed by atoms with E-state index in [-0.39, 0.29) is 18.0 Å². The first kappa shape index (κ1) is 20.7. The van der Waals surface area contributed by atoms with Crippen LogP contribution in [-0.4, -0.2) is 51.1 Å². The summed E-state index contributed by atoms with van der Waals surface area (Å²) in [6.07, 6.45) is 1.49. The Hall–Kier alpha value is -3.06. The molecule has 0 bridgehead atoms. The predicted octanol–water partition coefficient (Wildman–Crippen LogP) is 3.25. The Kier molecular flexibility index (Phi) is 6.72. The molecule has 1 aliphatic heterocycles. The number of likely N-dealkylation sites (N-methyl/N-ethyl adjacent to an activating group) is 1. The number of urea groups is 1. The number of benzene rings is 2. The van der Waals surface area contributed by atoms with Gasteiger partial charge in [-0.25, -0.2) is 4.79 Å². The van der Waals surface area contributed by atoms with Gasteiger partial charge in [0.25, 0.3) is 0 Å². The SMILES string of the molecule is COc1ccc(C(CNC(=O)Nc2ccc(N3CCCC3=O)cc2)N(C)C)cc1. The number of anilines is 2. The molecule has 1 aliphatic rings. The van der Waals surface area contributed by atoms with Gasteiger partial charge in [-0.05, 0) is 62.5 Å². The van der Waals surface area contributed by atoms with Crippen LogP contribution in [0, 0.1) is 0 Å². The highest BCUT2D eigenvalue weighted by molar-refractivity contribution is 5.96. The maximum Gasteiger partial charge on any atom is 0.319 e. The first-order valence-corrected chi connectivity index (χ1v) is 9.73. The molecule has 3 amide bonds. The molecule has 1 heterocycles. The van der Waals surface area contributed by atoms with Crippen molar-refractivity contribution in [3.63, 3.8) is 0 Å². The summed E-state index contributed by atoms with van der Waals surface area (Å²) in [4.78, 5) is 28.0. The average Bonchev–Trinajstić information content (AvgIpc) is 3.15. The molecule has 7 nitrogen and oxygen atoms in total. The van der Waals surface area contributed by atoms with Gasteiger partial charge in [0.05, 0.1) is 13.2 Å². The summed E-state index contributed by atoms with van der Waals surface area (Å²) >= 11 is 0. The van der Waals surface area contributed by atoms with Gasteiger partial charge < -0.3 is 25.2 Å². The molecule has 1 saturated heterocycles. The van der Waals surface area contributed by atoms with E-state index in [0.29, 0.717) is 18.7 Å². The van der Waals surface area contributed by atoms with Gasteiger partial charge in [0, 0.05) is 30.9 Å². The third-order valence-corrected chi connectivity index (χ3v) is 5.09. The van der Waals surface area contributed by atoms with Crippen LogP contribution in [0.2, 0.25) is 0 Å². The van der Waals surface area contributed by atoms with E-state index in [1.807, 2.05) is 62.6 Å². The quantitative estimate of drug-likeness (QED) is 0.754. The van der Waals surface area contributed by atoms with Gasteiger partial charge in [0.2, 0.25) is 5.91 Å². The topological polar surface area (TPSA) is 73.9 Å². The molecule has 2 N–H and O–H groups in total. The van der Waals surface area contributed by atoms with Crippen LogP contribution in [0.3, 0.4) is 0 Å². The van der Waals surface area contributed by atoms with Crippen LogP contribution in [0.1, 0.15) is 24.4 Å². The molecule has 1 fully saturated rings. The number of carbonyl (C=O) groups is 2. The predicted molar refractivity (Wildman–Crippen MR) is 114 cm³/mol. The van der Waals surface area contributed by atoms with Crippen LogP contribution < -0.4 is 20.3 Å². The fourth-order valence-electron chi connectivity index (χ4n) is 3.44. The summed E-state index contributed by atoms with van der Waals surface area (Å²) in [5, 5.41) is 5.77. The lowest BCUT2D eigenvalue weighted by Crippen LogP contribution is -2.36. The second-order valence-corrected chi connectivity index (χ2v) is 7.28. The summed E-state index contributed by atoms with van der Waals surface area (Å²) < 4.78 is 5.21. The summed E-state index contributed by atoms with van der Waals surface area (Å²) in [6.45, 7) is 1.22. The first-order chi connectivity index (χ1) is 14.0. The highest BCUT2D eigenvalue weighted by Gasteiger charge is 2.21. The molecule has 154 valence electrons. The normalized spacial score (nSPS) is 14.8. The van der Waals surface area contributed by atoms with Crippen molar-refractivity contribution in [1.29, 1.82) is 0 Å². The fraction of sp³-hybridized carbons (Fsp3) is 0.364. The van der Waals surface area contributed by atoms with Crippen molar-refractivity contribution in [2.24, 2.45) is 0 Å². The molecule has 1 atom stereocenters. The molecule has 0 spiro atoms. The number of hydrogen-bond acceptors (Lipinski definition) is 4. The van der Waals surface area contributed by atoms with Crippen molar-refractivity contribution in [1.82, 2.24) is 10.2 Å². The van der Waals surface area contributed by atoms with E-state index < -0.39 is 0 Å². The lowest BCUT2D eigenvalue weighted by molar-refractivity contribution is -0.117. The van der Waals surface area contributed by atoms with E-state index in [0.717, 1.165) is 30.0 Å². The molecule has 0 saturated carbocycles. The van der Waals surface area contributed by atoms with E-state index in [9.17, 15) is 9.59 Å². The van der Waals surface area contributed by atoms with Gasteiger partial charge in [-0.2, -0.15) is 0 Å². The van der Waals surface area contributed by atoms with Gasteiger partial charge in [-0.1, -0.05) is 12.1 Å². The molecule has 2 aromatic rings. The molecule has 3 rings (SSSR count). The number of hydrogen-bond donors (Lipinski definition) is 2. The zero-order valence-electron chi connectivity index (χ0n) is 17.1. The minimum absolute atomic E-state index is 0.0372. The number of amides is 3. The second kappa shape index (κ2) is 9.43. The van der Waals surface area contributed by atoms with E-state index in [1.165, 1.54) is 0 Å². The third-order valence-electron chi connectivity index (χ3n) is 5.09. The van der Waals surface area contributed by atoms with E-state index in [2.05, 4.69) is 15.5 Å². The molecular weight excluding hydrogens is 368 g/mol. The van der Waals surface area contributed by atoms with E-state index in [4.69, 9.17) is 4.74 Å². The number of ether oxygens (including phenoxy) is 1. The maximum absolute atomic E-state index is 12.3. The van der Waals surface area contributed by atoms with E-state index >= 15 is 0 Å². The van der Waals surface area contributed by atoms with Crippen molar-refractivity contribution >= 4 is 23.3 Å². The van der Waals surface area contributed by atoms with Gasteiger partial charge in [0.1, 0.15) is 5.75 Å². The second-order valence-electron chi connectivity index (χ2n) is 7.28. The molecule has 7 heteroatoms. The standard InChI is InChI=1S/C22H28N4O3/c1-25(2)20(16-6-12-19(29-3)13-7-16)15-23-22(28)24-17-8-10-18(11-9-17)26-14-4-5-21(26)27/h6-13,20H,4-5,14-15H2,1-3H3,(H2,23,24,28). The number of nitrogens with one attached hydrogen (secondary N) is 2. The van der Waals surface area contributed by atoms with Gasteiger partial charge >= 0.3 is 6.03 Å². The molecule has 1 unspecified atom stereocenters. The maximum atomic E-state index is 12.3. The van der Waals surface area contributed by atoms with Gasteiger partial charge in [-0.15, -0.1) is 0 Å². The summed E-state index contributed by atoms with van der Waals surface area (Å²) in [7, 11) is 5.60. The Labute approximate surface area is 171 Å². The minimum atomic E-state index is -0.268. The van der Waals surface area contributed by atoms with Gasteiger partial charge in [0.15, 0.2) is 0 Å². The lowest BCUT2D eigenvalue weighted by atomic mass is 10.1. The Morgan fingerprint density at radius 3 is 2.38 bits per heavy atom. The summed E-state index contributed by atoms with van der Waals surface area (Å²) in [5.74, 6) is 0.952. The molecular formula is C22H28N4O3. The largest absolute Gasteiger partial charge is 0.497 e. The zero-order valence-corrected chi connectivity index (χ0v) is 17.1. The average molecular weight is 396 g/mol. The summed E-state index contributed by atoms with van der Waals surface area (Å²) in [5.41, 5.74) is 2.64. The van der Waals surface area contributed by atoms with Gasteiger partial charge in [-0.3, -0.25) is 4.79 Å². The Morgan fingerprint density at radius 2 is 1.83 bits per heavy atom.